The van der Waals surface area contributed by atoms with Crippen molar-refractivity contribution in [3.8, 4) is 11.5 Å². The number of carbonyl (C=O) groups is 2. The zero-order valence-corrected chi connectivity index (χ0v) is 22.0. The first-order chi connectivity index (χ1) is 18.7. The maximum atomic E-state index is 13.8. The summed E-state index contributed by atoms with van der Waals surface area (Å²) in [5.41, 5.74) is 0.486. The number of para-hydroxylation sites is 1. The minimum absolute atomic E-state index is 0.0564. The molecule has 0 saturated heterocycles. The lowest BCUT2D eigenvalue weighted by Crippen LogP contribution is -2.40. The van der Waals surface area contributed by atoms with Crippen LogP contribution in [0.25, 0.3) is 6.08 Å². The van der Waals surface area contributed by atoms with E-state index in [0.717, 1.165) is 11.3 Å². The number of fused-ring (bicyclic) bond motifs is 1. The number of rotatable bonds is 8. The lowest BCUT2D eigenvalue weighted by Gasteiger charge is -2.25. The number of thiazole rings is 1. The lowest BCUT2D eigenvalue weighted by atomic mass is 9.95. The molecule has 0 N–H and O–H groups in total. The standard InChI is InChI=1S/C27H23N3O8S/c1-5-12-37-26(33)23-15(2)28-27-29(24(23)18-10-11-20(38-16(3)31)21(13-18)36-4)25(32)22(39-27)14-17-8-6-7-9-19(17)30(34)35/h5-11,13-14,24H,1,12H2,2-4H3/b22-14-. The number of hydrogen-bond acceptors (Lipinski definition) is 10. The smallest absolute Gasteiger partial charge is 0.338 e. The highest BCUT2D eigenvalue weighted by Gasteiger charge is 2.34. The number of carbonyl (C=O) groups excluding carboxylic acids is 2. The van der Waals surface area contributed by atoms with E-state index in [9.17, 15) is 24.5 Å². The Bertz CT molecular complexity index is 1720. The average Bonchev–Trinajstić information content (AvgIpc) is 3.20. The first-order valence-corrected chi connectivity index (χ1v) is 12.4. The number of ether oxygens (including phenoxy) is 3. The van der Waals surface area contributed by atoms with Crippen LogP contribution >= 0.6 is 11.3 Å². The van der Waals surface area contributed by atoms with Gasteiger partial charge in [0.2, 0.25) is 0 Å². The van der Waals surface area contributed by atoms with Gasteiger partial charge in [-0.3, -0.25) is 24.3 Å². The number of aromatic nitrogens is 1. The predicted octanol–water partition coefficient (Wildman–Crippen LogP) is 2.81. The van der Waals surface area contributed by atoms with Crippen molar-refractivity contribution in [2.75, 3.05) is 13.7 Å². The predicted molar refractivity (Wildman–Crippen MR) is 142 cm³/mol. The molecule has 1 aromatic heterocycles. The second kappa shape index (κ2) is 11.3. The summed E-state index contributed by atoms with van der Waals surface area (Å²) < 4.78 is 17.4. The van der Waals surface area contributed by atoms with Crippen LogP contribution < -0.4 is 24.4 Å². The van der Waals surface area contributed by atoms with E-state index in [1.807, 2.05) is 0 Å². The van der Waals surface area contributed by atoms with Crippen molar-refractivity contribution in [3.05, 3.63) is 107 Å². The van der Waals surface area contributed by atoms with Crippen molar-refractivity contribution in [1.29, 1.82) is 0 Å². The van der Waals surface area contributed by atoms with Crippen molar-refractivity contribution < 1.29 is 28.7 Å². The quantitative estimate of drug-likeness (QED) is 0.137. The summed E-state index contributed by atoms with van der Waals surface area (Å²) in [5.74, 6) is -0.877. The summed E-state index contributed by atoms with van der Waals surface area (Å²) in [6.07, 6.45) is 2.85. The number of hydrogen-bond donors (Lipinski definition) is 0. The minimum atomic E-state index is -0.980. The van der Waals surface area contributed by atoms with Crippen molar-refractivity contribution in [3.63, 3.8) is 0 Å². The van der Waals surface area contributed by atoms with Crippen molar-refractivity contribution in [2.45, 2.75) is 19.9 Å². The Balaban J connectivity index is 1.97. The fourth-order valence-corrected chi connectivity index (χ4v) is 5.16. The highest BCUT2D eigenvalue weighted by molar-refractivity contribution is 7.07. The largest absolute Gasteiger partial charge is 0.493 e. The molecule has 0 bridgehead atoms. The van der Waals surface area contributed by atoms with Crippen LogP contribution in [0.1, 0.15) is 31.0 Å². The van der Waals surface area contributed by atoms with E-state index < -0.39 is 28.5 Å². The van der Waals surface area contributed by atoms with Crippen LogP contribution in [-0.4, -0.2) is 35.1 Å². The van der Waals surface area contributed by atoms with Crippen LogP contribution in [0, 0.1) is 10.1 Å². The number of esters is 2. The number of methoxy groups -OCH3 is 1. The summed E-state index contributed by atoms with van der Waals surface area (Å²) in [6.45, 7) is 6.38. The number of allylic oxidation sites excluding steroid dienone is 1. The van der Waals surface area contributed by atoms with E-state index in [4.69, 9.17) is 14.2 Å². The lowest BCUT2D eigenvalue weighted by molar-refractivity contribution is -0.385. The number of nitro groups is 1. The summed E-state index contributed by atoms with van der Waals surface area (Å²) in [7, 11) is 1.39. The van der Waals surface area contributed by atoms with Crippen LogP contribution in [0.2, 0.25) is 0 Å². The number of nitrogens with zero attached hydrogens (tertiary/aromatic N) is 3. The van der Waals surface area contributed by atoms with Gasteiger partial charge in [-0.05, 0) is 36.8 Å². The van der Waals surface area contributed by atoms with Gasteiger partial charge in [0, 0.05) is 13.0 Å². The van der Waals surface area contributed by atoms with E-state index in [1.165, 1.54) is 55.0 Å². The topological polar surface area (TPSA) is 139 Å². The third kappa shape index (κ3) is 5.41. The third-order valence-electron chi connectivity index (χ3n) is 5.75. The molecule has 0 radical (unpaired) electrons. The highest BCUT2D eigenvalue weighted by Crippen LogP contribution is 2.36. The van der Waals surface area contributed by atoms with Gasteiger partial charge in [-0.2, -0.15) is 0 Å². The second-order valence-electron chi connectivity index (χ2n) is 8.29. The maximum absolute atomic E-state index is 13.8. The molecule has 0 spiro atoms. The average molecular weight is 550 g/mol. The molecule has 11 nitrogen and oxygen atoms in total. The molecule has 1 unspecified atom stereocenters. The maximum Gasteiger partial charge on any atom is 0.338 e. The molecule has 200 valence electrons. The zero-order chi connectivity index (χ0) is 28.3. The van der Waals surface area contributed by atoms with E-state index in [1.54, 1.807) is 25.1 Å². The first kappa shape index (κ1) is 27.2. The van der Waals surface area contributed by atoms with E-state index >= 15 is 0 Å². The second-order valence-corrected chi connectivity index (χ2v) is 9.30. The van der Waals surface area contributed by atoms with Crippen LogP contribution in [0.4, 0.5) is 5.69 Å². The molecule has 2 heterocycles. The molecule has 39 heavy (non-hydrogen) atoms. The molecular weight excluding hydrogens is 526 g/mol. The van der Waals surface area contributed by atoms with Gasteiger partial charge >= 0.3 is 11.9 Å². The highest BCUT2D eigenvalue weighted by atomic mass is 32.1. The summed E-state index contributed by atoms with van der Waals surface area (Å²) in [5, 5.41) is 11.5. The van der Waals surface area contributed by atoms with Gasteiger partial charge in [-0.15, -0.1) is 0 Å². The Hall–Kier alpha value is -4.84. The van der Waals surface area contributed by atoms with Gasteiger partial charge in [-0.1, -0.05) is 42.2 Å². The van der Waals surface area contributed by atoms with Crippen LogP contribution in [0.15, 0.2) is 76.2 Å². The zero-order valence-electron chi connectivity index (χ0n) is 21.2. The van der Waals surface area contributed by atoms with E-state index in [0.29, 0.717) is 11.3 Å². The van der Waals surface area contributed by atoms with E-state index in [-0.39, 0.29) is 44.3 Å². The molecule has 0 saturated carbocycles. The molecule has 4 rings (SSSR count). The summed E-state index contributed by atoms with van der Waals surface area (Å²) in [4.78, 5) is 54.2. The van der Waals surface area contributed by atoms with Gasteiger partial charge in [0.25, 0.3) is 11.2 Å². The monoisotopic (exact) mass is 549 g/mol. The summed E-state index contributed by atoms with van der Waals surface area (Å²) in [6, 6.07) is 9.73. The molecule has 1 aliphatic heterocycles. The Morgan fingerprint density at radius 3 is 2.64 bits per heavy atom. The molecule has 1 atom stereocenters. The minimum Gasteiger partial charge on any atom is -0.493 e. The molecule has 0 amide bonds. The molecule has 0 aliphatic carbocycles. The van der Waals surface area contributed by atoms with Gasteiger partial charge in [0.1, 0.15) is 6.61 Å². The Kier molecular flexibility index (Phi) is 7.86. The van der Waals surface area contributed by atoms with Crippen LogP contribution in [0.3, 0.4) is 0 Å². The molecular formula is C27H23N3O8S. The number of benzene rings is 2. The van der Waals surface area contributed by atoms with Crippen LogP contribution in [0.5, 0.6) is 11.5 Å². The molecule has 2 aromatic carbocycles. The fourth-order valence-electron chi connectivity index (χ4n) is 4.12. The van der Waals surface area contributed by atoms with Gasteiger partial charge < -0.3 is 14.2 Å². The Morgan fingerprint density at radius 2 is 1.97 bits per heavy atom. The summed E-state index contributed by atoms with van der Waals surface area (Å²) >= 11 is 1.04. The van der Waals surface area contributed by atoms with E-state index in [2.05, 4.69) is 11.6 Å². The fraction of sp³-hybridized carbons (Fsp3) is 0.185. The van der Waals surface area contributed by atoms with Gasteiger partial charge in [0.05, 0.1) is 39.4 Å². The normalized spacial score (nSPS) is 14.7. The third-order valence-corrected chi connectivity index (χ3v) is 6.73. The van der Waals surface area contributed by atoms with Crippen molar-refractivity contribution in [2.24, 2.45) is 4.99 Å². The van der Waals surface area contributed by atoms with Crippen molar-refractivity contribution in [1.82, 2.24) is 4.57 Å². The molecule has 3 aromatic rings. The number of nitro benzene ring substituents is 1. The van der Waals surface area contributed by atoms with Crippen LogP contribution in [-0.2, 0) is 14.3 Å². The molecule has 1 aliphatic rings. The SMILES string of the molecule is C=CCOC(=O)C1=C(C)N=c2s/c(=C\c3ccccc3[N+](=O)[O-])c(=O)n2C1c1ccc(OC(C)=O)c(OC)c1. The van der Waals surface area contributed by atoms with Gasteiger partial charge in [-0.25, -0.2) is 9.79 Å². The Morgan fingerprint density at radius 1 is 1.23 bits per heavy atom. The Labute approximate surface area is 225 Å². The van der Waals surface area contributed by atoms with Gasteiger partial charge in [0.15, 0.2) is 16.3 Å². The molecule has 0 fully saturated rings. The van der Waals surface area contributed by atoms with Crippen molar-refractivity contribution >= 4 is 35.0 Å². The first-order valence-electron chi connectivity index (χ1n) is 11.6. The molecule has 12 heteroatoms.